The van der Waals surface area contributed by atoms with Crippen LogP contribution >= 0.6 is 0 Å². The van der Waals surface area contributed by atoms with Crippen molar-refractivity contribution >= 4 is 5.91 Å². The van der Waals surface area contributed by atoms with E-state index in [1.54, 1.807) is 0 Å². The highest BCUT2D eigenvalue weighted by atomic mass is 16.2. The van der Waals surface area contributed by atoms with Crippen molar-refractivity contribution in [3.05, 3.63) is 0 Å². The van der Waals surface area contributed by atoms with Gasteiger partial charge in [-0.3, -0.25) is 15.1 Å². The van der Waals surface area contributed by atoms with Gasteiger partial charge in [-0.15, -0.1) is 0 Å². The molecule has 1 amide bonds. The van der Waals surface area contributed by atoms with Gasteiger partial charge in [0.05, 0.1) is 6.04 Å². The average molecular weight is 199 g/mol. The monoisotopic (exact) mass is 199 g/mol. The van der Waals surface area contributed by atoms with E-state index < -0.39 is 0 Å². The summed E-state index contributed by atoms with van der Waals surface area (Å²) >= 11 is 0. The second kappa shape index (κ2) is 5.32. The van der Waals surface area contributed by atoms with Crippen LogP contribution in [0.4, 0.5) is 0 Å². The fourth-order valence-corrected chi connectivity index (χ4v) is 2.08. The van der Waals surface area contributed by atoms with Crippen LogP contribution in [0.1, 0.15) is 32.6 Å². The van der Waals surface area contributed by atoms with E-state index in [1.165, 1.54) is 25.7 Å². The van der Waals surface area contributed by atoms with Crippen molar-refractivity contribution in [2.45, 2.75) is 38.6 Å². The number of hydrogen-bond acceptors (Lipinski definition) is 3. The summed E-state index contributed by atoms with van der Waals surface area (Å²) in [6.45, 7) is 2.89. The lowest BCUT2D eigenvalue weighted by molar-refractivity contribution is -0.125. The Morgan fingerprint density at radius 2 is 2.14 bits per heavy atom. The van der Waals surface area contributed by atoms with E-state index in [2.05, 4.69) is 10.3 Å². The lowest BCUT2D eigenvalue weighted by Gasteiger charge is -2.25. The number of nitrogens with zero attached hydrogens (tertiary/aromatic N) is 1. The van der Waals surface area contributed by atoms with Gasteiger partial charge >= 0.3 is 0 Å². The number of rotatable bonds is 4. The molecule has 82 valence electrons. The van der Waals surface area contributed by atoms with Crippen molar-refractivity contribution in [1.82, 2.24) is 10.3 Å². The number of nitrogens with one attached hydrogen (secondary N) is 1. The molecule has 0 bridgehead atoms. The molecule has 1 aliphatic rings. The first kappa shape index (κ1) is 11.5. The minimum Gasteiger partial charge on any atom is -0.295 e. The number of hydrazine groups is 1. The van der Waals surface area contributed by atoms with Crippen LogP contribution in [0.25, 0.3) is 0 Å². The lowest BCUT2D eigenvalue weighted by Crippen LogP contribution is -2.47. The largest absolute Gasteiger partial charge is 0.295 e. The number of carbonyl (C=O) groups is 1. The molecule has 14 heavy (non-hydrogen) atoms. The summed E-state index contributed by atoms with van der Waals surface area (Å²) in [5, 5.41) is 0. The molecule has 0 heterocycles. The van der Waals surface area contributed by atoms with Crippen molar-refractivity contribution in [2.75, 3.05) is 13.6 Å². The number of carbonyl (C=O) groups excluding carboxylic acids is 1. The summed E-state index contributed by atoms with van der Waals surface area (Å²) in [5.41, 5.74) is 2.19. The third-order valence-corrected chi connectivity index (χ3v) is 3.20. The minimum atomic E-state index is -0.124. The molecule has 0 aromatic carbocycles. The fourth-order valence-electron chi connectivity index (χ4n) is 2.08. The third-order valence-electron chi connectivity index (χ3n) is 3.20. The molecule has 0 aromatic heterocycles. The van der Waals surface area contributed by atoms with Crippen LogP contribution in [0, 0.1) is 5.92 Å². The molecule has 1 fully saturated rings. The first-order valence-electron chi connectivity index (χ1n) is 5.36. The van der Waals surface area contributed by atoms with Crippen LogP contribution in [-0.4, -0.2) is 30.4 Å². The van der Waals surface area contributed by atoms with Crippen LogP contribution in [-0.2, 0) is 4.79 Å². The maximum atomic E-state index is 11.2. The van der Waals surface area contributed by atoms with Crippen molar-refractivity contribution in [1.29, 1.82) is 0 Å². The van der Waals surface area contributed by atoms with E-state index in [4.69, 9.17) is 5.84 Å². The summed E-state index contributed by atoms with van der Waals surface area (Å²) in [5.74, 6) is 5.76. The molecule has 4 heteroatoms. The van der Waals surface area contributed by atoms with Crippen LogP contribution in [0.3, 0.4) is 0 Å². The summed E-state index contributed by atoms with van der Waals surface area (Å²) in [6, 6.07) is -0.124. The van der Waals surface area contributed by atoms with Gasteiger partial charge in [0, 0.05) is 6.54 Å². The van der Waals surface area contributed by atoms with Gasteiger partial charge in [-0.05, 0) is 32.7 Å². The van der Waals surface area contributed by atoms with E-state index in [0.29, 0.717) is 0 Å². The van der Waals surface area contributed by atoms with E-state index in [-0.39, 0.29) is 11.9 Å². The van der Waals surface area contributed by atoms with Gasteiger partial charge < -0.3 is 0 Å². The highest BCUT2D eigenvalue weighted by Crippen LogP contribution is 2.25. The Kier molecular flexibility index (Phi) is 4.35. The molecule has 1 unspecified atom stereocenters. The molecule has 1 saturated carbocycles. The molecule has 0 aromatic rings. The zero-order valence-electron chi connectivity index (χ0n) is 9.12. The van der Waals surface area contributed by atoms with E-state index in [0.717, 1.165) is 12.5 Å². The minimum absolute atomic E-state index is 0.106. The SMILES string of the molecule is CC(C(=O)NN)N(C)CC1CCCC1. The normalized spacial score (nSPS) is 20.0. The summed E-state index contributed by atoms with van der Waals surface area (Å²) in [6.07, 6.45) is 5.30. The Morgan fingerprint density at radius 3 is 2.64 bits per heavy atom. The standard InChI is InChI=1S/C10H21N3O/c1-8(10(14)12-11)13(2)7-9-5-3-4-6-9/h8-9H,3-7,11H2,1-2H3,(H,12,14). The molecule has 1 aliphatic carbocycles. The van der Waals surface area contributed by atoms with Gasteiger partial charge in [0.15, 0.2) is 0 Å². The van der Waals surface area contributed by atoms with Gasteiger partial charge in [-0.2, -0.15) is 0 Å². The van der Waals surface area contributed by atoms with E-state index in [9.17, 15) is 4.79 Å². The average Bonchev–Trinajstić information content (AvgIpc) is 2.68. The van der Waals surface area contributed by atoms with Crippen molar-refractivity contribution in [3.63, 3.8) is 0 Å². The van der Waals surface area contributed by atoms with E-state index in [1.807, 2.05) is 14.0 Å². The van der Waals surface area contributed by atoms with Gasteiger partial charge in [0.2, 0.25) is 0 Å². The first-order chi connectivity index (χ1) is 6.65. The Morgan fingerprint density at radius 1 is 1.57 bits per heavy atom. The molecular formula is C10H21N3O. The van der Waals surface area contributed by atoms with E-state index >= 15 is 0 Å². The Labute approximate surface area is 85.8 Å². The number of likely N-dealkylation sites (N-methyl/N-ethyl adjacent to an activating group) is 1. The van der Waals surface area contributed by atoms with Gasteiger partial charge in [0.1, 0.15) is 0 Å². The molecule has 1 rings (SSSR count). The van der Waals surface area contributed by atoms with Crippen LogP contribution < -0.4 is 11.3 Å². The predicted octanol–water partition coefficient (Wildman–Crippen LogP) is 0.487. The number of amides is 1. The summed E-state index contributed by atoms with van der Waals surface area (Å²) < 4.78 is 0. The van der Waals surface area contributed by atoms with Gasteiger partial charge in [-0.1, -0.05) is 12.8 Å². The maximum Gasteiger partial charge on any atom is 0.250 e. The van der Waals surface area contributed by atoms with Crippen molar-refractivity contribution in [3.8, 4) is 0 Å². The van der Waals surface area contributed by atoms with Crippen LogP contribution in [0.5, 0.6) is 0 Å². The van der Waals surface area contributed by atoms with Gasteiger partial charge in [-0.25, -0.2) is 5.84 Å². The molecular weight excluding hydrogens is 178 g/mol. The zero-order valence-corrected chi connectivity index (χ0v) is 9.12. The second-order valence-corrected chi connectivity index (χ2v) is 4.27. The molecule has 3 N–H and O–H groups in total. The Bertz CT molecular complexity index is 190. The van der Waals surface area contributed by atoms with Crippen molar-refractivity contribution < 1.29 is 4.79 Å². The lowest BCUT2D eigenvalue weighted by atomic mass is 10.1. The quantitative estimate of drug-likeness (QED) is 0.393. The summed E-state index contributed by atoms with van der Waals surface area (Å²) in [7, 11) is 1.98. The predicted molar refractivity (Wildman–Crippen MR) is 56.4 cm³/mol. The highest BCUT2D eigenvalue weighted by molar-refractivity contribution is 5.80. The van der Waals surface area contributed by atoms with Crippen LogP contribution in [0.15, 0.2) is 0 Å². The van der Waals surface area contributed by atoms with Crippen LogP contribution in [0.2, 0.25) is 0 Å². The molecule has 0 saturated heterocycles. The molecule has 4 nitrogen and oxygen atoms in total. The Balaban J connectivity index is 2.32. The second-order valence-electron chi connectivity index (χ2n) is 4.27. The highest BCUT2D eigenvalue weighted by Gasteiger charge is 2.22. The molecule has 0 spiro atoms. The van der Waals surface area contributed by atoms with Gasteiger partial charge in [0.25, 0.3) is 5.91 Å². The molecule has 0 aliphatic heterocycles. The number of nitrogens with two attached hydrogens (primary N) is 1. The first-order valence-corrected chi connectivity index (χ1v) is 5.36. The smallest absolute Gasteiger partial charge is 0.250 e. The molecule has 0 radical (unpaired) electrons. The number of hydrogen-bond donors (Lipinski definition) is 2. The topological polar surface area (TPSA) is 58.4 Å². The Hall–Kier alpha value is -0.610. The summed E-state index contributed by atoms with van der Waals surface area (Å²) in [4.78, 5) is 13.3. The maximum absolute atomic E-state index is 11.2. The van der Waals surface area contributed by atoms with Crippen molar-refractivity contribution in [2.24, 2.45) is 11.8 Å². The third kappa shape index (κ3) is 2.96. The molecule has 1 atom stereocenters. The fraction of sp³-hybridized carbons (Fsp3) is 0.900. The zero-order chi connectivity index (χ0) is 10.6.